The van der Waals surface area contributed by atoms with Gasteiger partial charge in [0, 0.05) is 36.9 Å². The molecule has 4 N–H and O–H groups in total. The second kappa shape index (κ2) is 19.5. The van der Waals surface area contributed by atoms with Crippen LogP contribution in [0.5, 0.6) is 5.75 Å². The molecule has 256 valence electrons. The Kier molecular flexibility index (Phi) is 15.8. The van der Waals surface area contributed by atoms with E-state index in [4.69, 9.17) is 23.7 Å². The highest BCUT2D eigenvalue weighted by atomic mass is 79.9. The van der Waals surface area contributed by atoms with E-state index in [-0.39, 0.29) is 11.3 Å². The molecular formula is C32H49BrN6O7. The van der Waals surface area contributed by atoms with E-state index in [2.05, 4.69) is 47.2 Å². The molecule has 14 heteroatoms. The summed E-state index contributed by atoms with van der Waals surface area (Å²) in [6.45, 7) is 12.1. The predicted octanol–water partition coefficient (Wildman–Crippen LogP) is 5.04. The van der Waals surface area contributed by atoms with Crippen LogP contribution in [0, 0.1) is 5.41 Å². The first-order valence-electron chi connectivity index (χ1n) is 15.8. The summed E-state index contributed by atoms with van der Waals surface area (Å²) in [5.41, 5.74) is 0.128. The maximum Gasteiger partial charge on any atom is 0.407 e. The molecule has 0 bridgehead atoms. The van der Waals surface area contributed by atoms with Crippen molar-refractivity contribution >= 4 is 45.4 Å². The zero-order valence-corrected chi connectivity index (χ0v) is 29.0. The van der Waals surface area contributed by atoms with E-state index < -0.39 is 11.7 Å². The molecule has 0 aliphatic heterocycles. The lowest BCUT2D eigenvalue weighted by Gasteiger charge is -2.36. The lowest BCUT2D eigenvalue weighted by Crippen LogP contribution is -2.43. The first-order chi connectivity index (χ1) is 22.0. The van der Waals surface area contributed by atoms with Crippen LogP contribution in [0.4, 0.5) is 22.2 Å². The van der Waals surface area contributed by atoms with Gasteiger partial charge in [0.15, 0.2) is 0 Å². The SMILES string of the molecule is CC(C)(C)OC(=O)NCCOCCOCCOCCOc1ccc(Nc2ncc(Br)c(NCCCNC(=O)C3(C)CCC3)n2)cc1. The average molecular weight is 710 g/mol. The number of alkyl carbamates (subject to hydrolysis) is 1. The molecule has 0 radical (unpaired) electrons. The zero-order valence-electron chi connectivity index (χ0n) is 27.4. The fourth-order valence-electron chi connectivity index (χ4n) is 4.26. The smallest absolute Gasteiger partial charge is 0.407 e. The third-order valence-electron chi connectivity index (χ3n) is 6.95. The molecule has 1 aromatic carbocycles. The van der Waals surface area contributed by atoms with Gasteiger partial charge in [0.25, 0.3) is 0 Å². The third kappa shape index (κ3) is 14.5. The van der Waals surface area contributed by atoms with E-state index in [1.54, 1.807) is 6.20 Å². The summed E-state index contributed by atoms with van der Waals surface area (Å²) in [5.74, 6) is 2.02. The predicted molar refractivity (Wildman–Crippen MR) is 180 cm³/mol. The number of ether oxygens (including phenoxy) is 5. The van der Waals surface area contributed by atoms with Gasteiger partial charge in [-0.3, -0.25) is 4.79 Å². The summed E-state index contributed by atoms with van der Waals surface area (Å²) >= 11 is 3.49. The minimum absolute atomic E-state index is 0.155. The number of hydrogen-bond donors (Lipinski definition) is 4. The number of amides is 2. The van der Waals surface area contributed by atoms with E-state index in [0.29, 0.717) is 77.6 Å². The van der Waals surface area contributed by atoms with E-state index in [0.717, 1.165) is 41.6 Å². The van der Waals surface area contributed by atoms with Crippen LogP contribution in [0.2, 0.25) is 0 Å². The van der Waals surface area contributed by atoms with Gasteiger partial charge in [0.2, 0.25) is 11.9 Å². The normalized spacial score (nSPS) is 13.8. The summed E-state index contributed by atoms with van der Waals surface area (Å²) in [4.78, 5) is 32.7. The monoisotopic (exact) mass is 708 g/mol. The van der Waals surface area contributed by atoms with Crippen molar-refractivity contribution in [1.82, 2.24) is 20.6 Å². The topological polar surface area (TPSA) is 154 Å². The minimum Gasteiger partial charge on any atom is -0.491 e. The number of nitrogens with zero attached hydrogens (tertiary/aromatic N) is 2. The molecular weight excluding hydrogens is 660 g/mol. The number of benzene rings is 1. The number of nitrogens with one attached hydrogen (secondary N) is 4. The quantitative estimate of drug-likeness (QED) is 0.129. The number of carbonyl (C=O) groups excluding carboxylic acids is 2. The zero-order chi connectivity index (χ0) is 33.3. The van der Waals surface area contributed by atoms with Crippen molar-refractivity contribution in [3.63, 3.8) is 0 Å². The highest BCUT2D eigenvalue weighted by molar-refractivity contribution is 9.10. The van der Waals surface area contributed by atoms with Crippen molar-refractivity contribution in [1.29, 1.82) is 0 Å². The highest BCUT2D eigenvalue weighted by Crippen LogP contribution is 2.40. The number of anilines is 3. The molecule has 1 aliphatic carbocycles. The maximum atomic E-state index is 12.3. The van der Waals surface area contributed by atoms with Gasteiger partial charge in [-0.15, -0.1) is 0 Å². The largest absolute Gasteiger partial charge is 0.491 e. The third-order valence-corrected chi connectivity index (χ3v) is 7.53. The van der Waals surface area contributed by atoms with Gasteiger partial charge in [0.05, 0.1) is 44.1 Å². The summed E-state index contributed by atoms with van der Waals surface area (Å²) in [6, 6.07) is 7.52. The Balaban J connectivity index is 1.20. The van der Waals surface area contributed by atoms with Crippen molar-refractivity contribution in [2.24, 2.45) is 5.41 Å². The summed E-state index contributed by atoms with van der Waals surface area (Å²) < 4.78 is 28.1. The summed E-state index contributed by atoms with van der Waals surface area (Å²) in [6.07, 6.45) is 5.11. The van der Waals surface area contributed by atoms with Gasteiger partial charge in [-0.25, -0.2) is 9.78 Å². The van der Waals surface area contributed by atoms with E-state index in [9.17, 15) is 9.59 Å². The summed E-state index contributed by atoms with van der Waals surface area (Å²) in [5, 5.41) is 12.2. The van der Waals surface area contributed by atoms with Crippen molar-refractivity contribution in [2.45, 2.75) is 59.0 Å². The lowest BCUT2D eigenvalue weighted by atomic mass is 9.70. The van der Waals surface area contributed by atoms with Crippen molar-refractivity contribution in [3.8, 4) is 5.75 Å². The Morgan fingerprint density at radius 3 is 2.17 bits per heavy atom. The molecule has 0 atom stereocenters. The Morgan fingerprint density at radius 1 is 0.891 bits per heavy atom. The maximum absolute atomic E-state index is 12.3. The molecule has 1 saturated carbocycles. The number of aromatic nitrogens is 2. The standard InChI is InChI=1S/C32H49BrN6O7/c1-31(2,3)46-30(41)36-15-16-42-17-18-43-19-20-44-21-22-45-25-9-7-24(8-10-25)38-29-37-23-26(33)27(39-29)34-13-6-14-35-28(40)32(4)11-5-12-32/h7-10,23H,5-6,11-22H2,1-4H3,(H,35,40)(H,36,41)(H2,34,37,38,39). The van der Waals surface area contributed by atoms with E-state index >= 15 is 0 Å². The van der Waals surface area contributed by atoms with E-state index in [1.165, 1.54) is 0 Å². The van der Waals surface area contributed by atoms with Gasteiger partial charge >= 0.3 is 6.09 Å². The Bertz CT molecular complexity index is 1210. The number of halogens is 1. The fourth-order valence-corrected chi connectivity index (χ4v) is 4.59. The molecule has 3 rings (SSSR count). The van der Waals surface area contributed by atoms with Crippen molar-refractivity contribution in [2.75, 3.05) is 76.5 Å². The van der Waals surface area contributed by atoms with Crippen LogP contribution in [0.25, 0.3) is 0 Å². The molecule has 46 heavy (non-hydrogen) atoms. The minimum atomic E-state index is -0.518. The number of rotatable bonds is 21. The molecule has 1 aromatic heterocycles. The summed E-state index contributed by atoms with van der Waals surface area (Å²) in [7, 11) is 0. The van der Waals surface area contributed by atoms with Gasteiger partial charge in [0.1, 0.15) is 23.8 Å². The van der Waals surface area contributed by atoms with Crippen LogP contribution in [-0.2, 0) is 23.7 Å². The molecule has 0 spiro atoms. The first-order valence-corrected chi connectivity index (χ1v) is 16.6. The Hall–Kier alpha value is -3.20. The highest BCUT2D eigenvalue weighted by Gasteiger charge is 2.38. The van der Waals surface area contributed by atoms with E-state index in [1.807, 2.05) is 52.0 Å². The second-order valence-corrected chi connectivity index (χ2v) is 13.0. The molecule has 2 aromatic rings. The lowest BCUT2D eigenvalue weighted by molar-refractivity contribution is -0.134. The van der Waals surface area contributed by atoms with Crippen LogP contribution in [0.15, 0.2) is 34.9 Å². The molecule has 2 amide bonds. The number of hydrogen-bond acceptors (Lipinski definition) is 11. The molecule has 1 heterocycles. The van der Waals surface area contributed by atoms with Crippen LogP contribution >= 0.6 is 15.9 Å². The Morgan fingerprint density at radius 2 is 1.54 bits per heavy atom. The van der Waals surface area contributed by atoms with Crippen LogP contribution in [0.1, 0.15) is 53.4 Å². The average Bonchev–Trinajstić information content (AvgIpc) is 2.99. The Labute approximate surface area is 280 Å². The molecule has 0 unspecified atom stereocenters. The number of carbonyl (C=O) groups is 2. The molecule has 1 fully saturated rings. The van der Waals surface area contributed by atoms with Crippen molar-refractivity contribution in [3.05, 3.63) is 34.9 Å². The van der Waals surface area contributed by atoms with Crippen molar-refractivity contribution < 1.29 is 33.3 Å². The van der Waals surface area contributed by atoms with Gasteiger partial charge in [-0.2, -0.15) is 4.98 Å². The molecule has 1 aliphatic rings. The first kappa shape index (κ1) is 37.3. The van der Waals surface area contributed by atoms with Crippen LogP contribution in [0.3, 0.4) is 0 Å². The van der Waals surface area contributed by atoms with Crippen LogP contribution < -0.4 is 26.0 Å². The van der Waals surface area contributed by atoms with Crippen LogP contribution in [-0.4, -0.2) is 93.5 Å². The van der Waals surface area contributed by atoms with Gasteiger partial charge in [-0.1, -0.05) is 13.3 Å². The molecule has 0 saturated heterocycles. The second-order valence-electron chi connectivity index (χ2n) is 12.1. The van der Waals surface area contributed by atoms with Gasteiger partial charge in [-0.05, 0) is 80.2 Å². The van der Waals surface area contributed by atoms with Gasteiger partial charge < -0.3 is 45.0 Å². The fraction of sp³-hybridized carbons (Fsp3) is 0.625. The molecule has 13 nitrogen and oxygen atoms in total.